The number of nitrogens with one attached hydrogen (secondary N) is 3. The Morgan fingerprint density at radius 2 is 2.14 bits per heavy atom. The van der Waals surface area contributed by atoms with Crippen molar-refractivity contribution >= 4 is 29.0 Å². The van der Waals surface area contributed by atoms with Crippen molar-refractivity contribution in [3.63, 3.8) is 0 Å². The highest BCUT2D eigenvalue weighted by atomic mass is 19.4. The molecule has 0 spiro atoms. The zero-order chi connectivity index (χ0) is 20.3. The fraction of sp³-hybridized carbons (Fsp3) is 0.389. The lowest BCUT2D eigenvalue weighted by Gasteiger charge is -2.17. The predicted octanol–water partition coefficient (Wildman–Crippen LogP) is 3.43. The van der Waals surface area contributed by atoms with E-state index in [1.807, 2.05) is 6.92 Å². The summed E-state index contributed by atoms with van der Waals surface area (Å²) < 4.78 is 44.8. The molecule has 1 aliphatic rings. The minimum atomic E-state index is -4.58. The van der Waals surface area contributed by atoms with Gasteiger partial charge in [0, 0.05) is 31.2 Å². The number of hydrogen-bond donors (Lipinski definition) is 3. The van der Waals surface area contributed by atoms with E-state index in [9.17, 15) is 18.0 Å². The molecule has 150 valence electrons. The third kappa shape index (κ3) is 4.69. The minimum absolute atomic E-state index is 0.000735. The summed E-state index contributed by atoms with van der Waals surface area (Å²) in [7, 11) is 1.53. The number of halogens is 3. The second-order valence-electron chi connectivity index (χ2n) is 6.62. The van der Waals surface area contributed by atoms with Gasteiger partial charge in [-0.1, -0.05) is 6.92 Å². The van der Waals surface area contributed by atoms with E-state index in [1.54, 1.807) is 18.2 Å². The van der Waals surface area contributed by atoms with Crippen molar-refractivity contribution in [1.82, 2.24) is 9.97 Å². The Labute approximate surface area is 159 Å². The molecule has 0 radical (unpaired) electrons. The maximum atomic E-state index is 13.3. The molecule has 0 bridgehead atoms. The first-order chi connectivity index (χ1) is 13.3. The monoisotopic (exact) mass is 395 g/mol. The molecule has 0 saturated heterocycles. The Hall–Kier alpha value is -2.88. The topological polar surface area (TPSA) is 88.2 Å². The number of methoxy groups -OCH3 is 1. The van der Waals surface area contributed by atoms with Crippen molar-refractivity contribution < 1.29 is 22.7 Å². The van der Waals surface area contributed by atoms with Gasteiger partial charge in [0.15, 0.2) is 0 Å². The van der Waals surface area contributed by atoms with Gasteiger partial charge in [-0.25, -0.2) is 4.98 Å². The van der Waals surface area contributed by atoms with E-state index in [2.05, 4.69) is 25.9 Å². The number of nitrogens with zero attached hydrogens (tertiary/aromatic N) is 2. The molecule has 0 saturated carbocycles. The molecule has 1 atom stereocenters. The highest BCUT2D eigenvalue weighted by Gasteiger charge is 2.35. The van der Waals surface area contributed by atoms with Crippen LogP contribution in [0.3, 0.4) is 0 Å². The average molecular weight is 395 g/mol. The van der Waals surface area contributed by atoms with Gasteiger partial charge in [0.25, 0.3) is 0 Å². The van der Waals surface area contributed by atoms with Gasteiger partial charge in [-0.3, -0.25) is 4.79 Å². The normalized spacial score (nSPS) is 14.4. The van der Waals surface area contributed by atoms with Crippen LogP contribution in [0.4, 0.5) is 36.3 Å². The third-order valence-corrected chi connectivity index (χ3v) is 4.15. The summed E-state index contributed by atoms with van der Waals surface area (Å²) in [6.07, 6.45) is -3.58. The third-order valence-electron chi connectivity index (χ3n) is 4.15. The highest BCUT2D eigenvalue weighted by Crippen LogP contribution is 2.34. The lowest BCUT2D eigenvalue weighted by Crippen LogP contribution is -2.20. The Morgan fingerprint density at radius 3 is 2.86 bits per heavy atom. The van der Waals surface area contributed by atoms with Gasteiger partial charge in [0.05, 0.1) is 13.0 Å². The summed E-state index contributed by atoms with van der Waals surface area (Å²) in [5, 5.41) is 8.34. The van der Waals surface area contributed by atoms with E-state index in [4.69, 9.17) is 4.74 Å². The summed E-state index contributed by atoms with van der Waals surface area (Å²) in [5.41, 5.74) is 1.16. The van der Waals surface area contributed by atoms with E-state index in [1.165, 1.54) is 7.11 Å². The molecule has 10 heteroatoms. The molecule has 1 aromatic carbocycles. The van der Waals surface area contributed by atoms with Crippen molar-refractivity contribution in [1.29, 1.82) is 0 Å². The van der Waals surface area contributed by atoms with Gasteiger partial charge >= 0.3 is 6.18 Å². The van der Waals surface area contributed by atoms with Crippen molar-refractivity contribution in [3.8, 4) is 0 Å². The van der Waals surface area contributed by atoms with Crippen molar-refractivity contribution in [2.75, 3.05) is 36.2 Å². The summed E-state index contributed by atoms with van der Waals surface area (Å²) in [6.45, 7) is 2.52. The average Bonchev–Trinajstić information content (AvgIpc) is 2.98. The zero-order valence-corrected chi connectivity index (χ0v) is 15.4. The van der Waals surface area contributed by atoms with E-state index in [-0.39, 0.29) is 36.6 Å². The molecule has 1 unspecified atom stereocenters. The van der Waals surface area contributed by atoms with Gasteiger partial charge in [0.1, 0.15) is 11.4 Å². The molecule has 0 aliphatic carbocycles. The van der Waals surface area contributed by atoms with Gasteiger partial charge in [-0.15, -0.1) is 0 Å². The second-order valence-corrected chi connectivity index (χ2v) is 6.62. The molecule has 2 heterocycles. The number of fused-ring (bicyclic) bond motifs is 1. The van der Waals surface area contributed by atoms with Gasteiger partial charge in [-0.2, -0.15) is 18.2 Å². The number of hydrogen-bond acceptors (Lipinski definition) is 6. The second kappa shape index (κ2) is 8.01. The van der Waals surface area contributed by atoms with Crippen LogP contribution in [0.1, 0.15) is 18.1 Å². The number of anilines is 4. The lowest BCUT2D eigenvalue weighted by atomic mass is 10.1. The summed E-state index contributed by atoms with van der Waals surface area (Å²) in [5.74, 6) is -0.383. The first-order valence-corrected chi connectivity index (χ1v) is 8.63. The van der Waals surface area contributed by atoms with E-state index in [0.717, 1.165) is 17.4 Å². The first kappa shape index (κ1) is 19.9. The highest BCUT2D eigenvalue weighted by molar-refractivity contribution is 5.99. The van der Waals surface area contributed by atoms with Crippen LogP contribution in [-0.2, 0) is 22.1 Å². The molecule has 7 nitrogen and oxygen atoms in total. The fourth-order valence-electron chi connectivity index (χ4n) is 2.83. The van der Waals surface area contributed by atoms with Crippen LogP contribution in [0.5, 0.6) is 0 Å². The van der Waals surface area contributed by atoms with Crippen LogP contribution >= 0.6 is 0 Å². The number of amides is 1. The van der Waals surface area contributed by atoms with Crippen molar-refractivity contribution in [2.45, 2.75) is 19.5 Å². The molecule has 3 rings (SSSR count). The predicted molar refractivity (Wildman–Crippen MR) is 98.6 cm³/mol. The van der Waals surface area contributed by atoms with Crippen molar-refractivity contribution in [3.05, 3.63) is 35.5 Å². The van der Waals surface area contributed by atoms with Gasteiger partial charge < -0.3 is 20.7 Å². The molecule has 28 heavy (non-hydrogen) atoms. The Kier molecular flexibility index (Phi) is 5.68. The molecule has 1 aromatic heterocycles. The summed E-state index contributed by atoms with van der Waals surface area (Å²) >= 11 is 0. The maximum Gasteiger partial charge on any atom is 0.421 e. The number of ether oxygens (including phenoxy) is 1. The first-order valence-electron chi connectivity index (χ1n) is 8.63. The quantitative estimate of drug-likeness (QED) is 0.666. The Bertz CT molecular complexity index is 873. The van der Waals surface area contributed by atoms with Crippen LogP contribution in [-0.4, -0.2) is 36.1 Å². The number of benzene rings is 1. The summed E-state index contributed by atoms with van der Waals surface area (Å²) in [4.78, 5) is 19.2. The van der Waals surface area contributed by atoms with E-state index in [0.29, 0.717) is 12.3 Å². The molecule has 3 N–H and O–H groups in total. The number of aromatic nitrogens is 2. The van der Waals surface area contributed by atoms with Crippen LogP contribution < -0.4 is 16.0 Å². The SMILES string of the molecule is COCC(C)CNc1nc(Nc2ccc3c(c2)CC(=O)N3)ncc1C(F)(F)F. The Morgan fingerprint density at radius 1 is 1.36 bits per heavy atom. The number of carbonyl (C=O) groups is 1. The fourth-order valence-corrected chi connectivity index (χ4v) is 2.83. The van der Waals surface area contributed by atoms with Gasteiger partial charge in [-0.05, 0) is 29.7 Å². The van der Waals surface area contributed by atoms with Crippen LogP contribution in [0, 0.1) is 5.92 Å². The molecule has 2 aromatic rings. The number of carbonyl (C=O) groups excluding carboxylic acids is 1. The largest absolute Gasteiger partial charge is 0.421 e. The number of rotatable bonds is 7. The molecule has 1 aliphatic heterocycles. The molecular weight excluding hydrogens is 375 g/mol. The van der Waals surface area contributed by atoms with Crippen LogP contribution in [0.2, 0.25) is 0 Å². The van der Waals surface area contributed by atoms with Crippen LogP contribution in [0.25, 0.3) is 0 Å². The van der Waals surface area contributed by atoms with E-state index < -0.39 is 11.7 Å². The minimum Gasteiger partial charge on any atom is -0.384 e. The lowest BCUT2D eigenvalue weighted by molar-refractivity contribution is -0.137. The Balaban J connectivity index is 1.81. The van der Waals surface area contributed by atoms with Gasteiger partial charge in [0.2, 0.25) is 11.9 Å². The van der Waals surface area contributed by atoms with Crippen LogP contribution in [0.15, 0.2) is 24.4 Å². The van der Waals surface area contributed by atoms with E-state index >= 15 is 0 Å². The number of alkyl halides is 3. The molecule has 0 fully saturated rings. The molecular formula is C18H20F3N5O2. The summed E-state index contributed by atoms with van der Waals surface area (Å²) in [6, 6.07) is 5.15. The zero-order valence-electron chi connectivity index (χ0n) is 15.4. The maximum absolute atomic E-state index is 13.3. The van der Waals surface area contributed by atoms with Crippen molar-refractivity contribution in [2.24, 2.45) is 5.92 Å². The molecule has 1 amide bonds. The smallest absolute Gasteiger partial charge is 0.384 e. The standard InChI is InChI=1S/C18H20F3N5O2/c1-10(9-28-2)7-22-16-13(18(19,20)21)8-23-17(26-16)24-12-3-4-14-11(5-12)6-15(27)25-14/h3-5,8,10H,6-7,9H2,1-2H3,(H,25,27)(H2,22,23,24,26).